The maximum atomic E-state index is 12.7. The van der Waals surface area contributed by atoms with E-state index >= 15 is 0 Å². The largest absolute Gasteiger partial charge is 0.481 e. The molecule has 2 bridgehead atoms. The molecule has 3 atom stereocenters. The van der Waals surface area contributed by atoms with E-state index in [1.54, 1.807) is 0 Å². The fourth-order valence-corrected chi connectivity index (χ4v) is 5.16. The number of aromatic nitrogens is 1. The van der Waals surface area contributed by atoms with Crippen molar-refractivity contribution >= 4 is 16.0 Å². The Labute approximate surface area is 121 Å². The molecule has 110 valence electrons. The summed E-state index contributed by atoms with van der Waals surface area (Å²) in [6, 6.07) is 3.79. The normalized spacial score (nSPS) is 28.4. The molecule has 2 fully saturated rings. The Morgan fingerprint density at radius 2 is 2.19 bits per heavy atom. The van der Waals surface area contributed by atoms with Crippen molar-refractivity contribution in [2.75, 3.05) is 0 Å². The predicted molar refractivity (Wildman–Crippen MR) is 70.5 cm³/mol. The van der Waals surface area contributed by atoms with Crippen molar-refractivity contribution in [1.82, 2.24) is 9.29 Å². The van der Waals surface area contributed by atoms with Gasteiger partial charge in [-0.3, -0.25) is 4.79 Å². The van der Waals surface area contributed by atoms with Gasteiger partial charge in [0.1, 0.15) is 16.7 Å². The van der Waals surface area contributed by atoms with Gasteiger partial charge >= 0.3 is 5.97 Å². The van der Waals surface area contributed by atoms with Gasteiger partial charge in [-0.2, -0.15) is 9.57 Å². The summed E-state index contributed by atoms with van der Waals surface area (Å²) in [6.45, 7) is 0. The minimum atomic E-state index is -3.77. The highest BCUT2D eigenvalue weighted by molar-refractivity contribution is 7.89. The van der Waals surface area contributed by atoms with Crippen molar-refractivity contribution in [2.24, 2.45) is 5.92 Å². The van der Waals surface area contributed by atoms with Crippen LogP contribution in [0.2, 0.25) is 0 Å². The van der Waals surface area contributed by atoms with E-state index in [-0.39, 0.29) is 16.6 Å². The molecule has 0 radical (unpaired) electrons. The average Bonchev–Trinajstić information content (AvgIpc) is 3.05. The van der Waals surface area contributed by atoms with E-state index in [0.29, 0.717) is 19.3 Å². The van der Waals surface area contributed by atoms with Gasteiger partial charge in [-0.15, -0.1) is 0 Å². The molecule has 3 unspecified atom stereocenters. The molecule has 2 aliphatic rings. The monoisotopic (exact) mass is 307 g/mol. The number of hydrogen-bond acceptors (Lipinski definition) is 5. The van der Waals surface area contributed by atoms with Gasteiger partial charge in [0, 0.05) is 18.3 Å². The topological polar surface area (TPSA) is 111 Å². The van der Waals surface area contributed by atoms with Crippen molar-refractivity contribution in [3.63, 3.8) is 0 Å². The van der Waals surface area contributed by atoms with Gasteiger partial charge < -0.3 is 5.11 Å². The van der Waals surface area contributed by atoms with Crippen LogP contribution in [-0.4, -0.2) is 40.9 Å². The molecule has 2 aliphatic heterocycles. The van der Waals surface area contributed by atoms with E-state index in [4.69, 9.17) is 5.26 Å². The van der Waals surface area contributed by atoms with E-state index in [9.17, 15) is 18.3 Å². The van der Waals surface area contributed by atoms with Crippen molar-refractivity contribution in [3.05, 3.63) is 24.0 Å². The first-order chi connectivity index (χ1) is 9.95. The Morgan fingerprint density at radius 3 is 2.71 bits per heavy atom. The van der Waals surface area contributed by atoms with Gasteiger partial charge in [0.2, 0.25) is 10.0 Å². The van der Waals surface area contributed by atoms with Gasteiger partial charge in [-0.25, -0.2) is 13.4 Å². The summed E-state index contributed by atoms with van der Waals surface area (Å²) in [5.74, 6) is -1.58. The number of sulfonamides is 1. The molecule has 0 aromatic carbocycles. The molecule has 2 saturated heterocycles. The minimum absolute atomic E-state index is 0.00411. The third kappa shape index (κ3) is 2.09. The number of fused-ring (bicyclic) bond motifs is 2. The Balaban J connectivity index is 1.96. The summed E-state index contributed by atoms with van der Waals surface area (Å²) in [5.41, 5.74) is 0.141. The summed E-state index contributed by atoms with van der Waals surface area (Å²) in [6.07, 6.45) is 2.78. The van der Waals surface area contributed by atoms with Crippen LogP contribution in [0.4, 0.5) is 0 Å². The predicted octanol–water partition coefficient (Wildman–Crippen LogP) is 0.579. The van der Waals surface area contributed by atoms with Crippen molar-refractivity contribution < 1.29 is 18.3 Å². The SMILES string of the molecule is N#Cc1ccc(S(=O)(=O)N2C3CCC2C(C(=O)O)C3)cn1. The fraction of sp³-hybridized carbons (Fsp3) is 0.462. The molecule has 3 rings (SSSR count). The summed E-state index contributed by atoms with van der Waals surface area (Å²) < 4.78 is 26.7. The van der Waals surface area contributed by atoms with Crippen LogP contribution in [0, 0.1) is 17.2 Å². The molecular formula is C13H13N3O4S. The van der Waals surface area contributed by atoms with E-state index in [2.05, 4.69) is 4.98 Å². The molecule has 0 amide bonds. The summed E-state index contributed by atoms with van der Waals surface area (Å²) in [4.78, 5) is 15.0. The average molecular weight is 307 g/mol. The Morgan fingerprint density at radius 1 is 1.43 bits per heavy atom. The second-order valence-corrected chi connectivity index (χ2v) is 7.15. The second kappa shape index (κ2) is 4.79. The van der Waals surface area contributed by atoms with Gasteiger partial charge in [0.25, 0.3) is 0 Å². The van der Waals surface area contributed by atoms with Crippen molar-refractivity contribution in [2.45, 2.75) is 36.2 Å². The first kappa shape index (κ1) is 14.0. The van der Waals surface area contributed by atoms with Gasteiger partial charge in [0.15, 0.2) is 0 Å². The summed E-state index contributed by atoms with van der Waals surface area (Å²) in [7, 11) is -3.77. The van der Waals surface area contributed by atoms with Crippen LogP contribution < -0.4 is 0 Å². The third-order valence-corrected chi connectivity index (χ3v) is 6.18. The Kier molecular flexibility index (Phi) is 3.19. The number of nitriles is 1. The van der Waals surface area contributed by atoms with Crippen LogP contribution >= 0.6 is 0 Å². The quantitative estimate of drug-likeness (QED) is 0.874. The maximum Gasteiger partial charge on any atom is 0.308 e. The van der Waals surface area contributed by atoms with Crippen LogP contribution in [0.25, 0.3) is 0 Å². The first-order valence-electron chi connectivity index (χ1n) is 6.57. The number of hydrogen-bond donors (Lipinski definition) is 1. The van der Waals surface area contributed by atoms with Crippen LogP contribution in [0.1, 0.15) is 25.0 Å². The lowest BCUT2D eigenvalue weighted by atomic mass is 9.89. The lowest BCUT2D eigenvalue weighted by molar-refractivity contribution is -0.142. The molecule has 3 heterocycles. The fourth-order valence-electron chi connectivity index (χ4n) is 3.30. The second-order valence-electron chi connectivity index (χ2n) is 5.30. The molecule has 0 aliphatic carbocycles. The molecule has 1 N–H and O–H groups in total. The number of pyridine rings is 1. The van der Waals surface area contributed by atoms with Gasteiger partial charge in [-0.05, 0) is 31.4 Å². The molecule has 0 saturated carbocycles. The Hall–Kier alpha value is -1.98. The van der Waals surface area contributed by atoms with Crippen LogP contribution in [0.15, 0.2) is 23.2 Å². The first-order valence-corrected chi connectivity index (χ1v) is 8.01. The zero-order valence-corrected chi connectivity index (χ0v) is 11.8. The van der Waals surface area contributed by atoms with Crippen molar-refractivity contribution in [3.8, 4) is 6.07 Å². The van der Waals surface area contributed by atoms with E-state index in [0.717, 1.165) is 6.20 Å². The van der Waals surface area contributed by atoms with Crippen LogP contribution in [0.3, 0.4) is 0 Å². The van der Waals surface area contributed by atoms with E-state index < -0.39 is 28.0 Å². The lowest BCUT2D eigenvalue weighted by Gasteiger charge is -2.22. The molecule has 0 spiro atoms. The van der Waals surface area contributed by atoms with Crippen LogP contribution in [0.5, 0.6) is 0 Å². The maximum absolute atomic E-state index is 12.7. The van der Waals surface area contributed by atoms with Crippen LogP contribution in [-0.2, 0) is 14.8 Å². The zero-order chi connectivity index (χ0) is 15.2. The molecular weight excluding hydrogens is 294 g/mol. The smallest absolute Gasteiger partial charge is 0.308 e. The number of carbonyl (C=O) groups is 1. The highest BCUT2D eigenvalue weighted by atomic mass is 32.2. The van der Waals surface area contributed by atoms with Gasteiger partial charge in [0.05, 0.1) is 5.92 Å². The van der Waals surface area contributed by atoms with E-state index in [1.165, 1.54) is 16.4 Å². The lowest BCUT2D eigenvalue weighted by Crippen LogP contribution is -2.37. The summed E-state index contributed by atoms with van der Waals surface area (Å²) >= 11 is 0. The van der Waals surface area contributed by atoms with Gasteiger partial charge in [-0.1, -0.05) is 0 Å². The number of nitrogens with zero attached hydrogens (tertiary/aromatic N) is 3. The number of carboxylic acid groups (broad SMARTS) is 1. The van der Waals surface area contributed by atoms with Crippen molar-refractivity contribution in [1.29, 1.82) is 5.26 Å². The van der Waals surface area contributed by atoms with E-state index in [1.807, 2.05) is 6.07 Å². The Bertz CT molecular complexity index is 723. The molecule has 7 nitrogen and oxygen atoms in total. The standard InChI is InChI=1S/C13H13N3O4S/c14-6-8-1-3-10(7-15-8)21(19,20)16-9-2-4-12(16)11(5-9)13(17)18/h1,3,7,9,11-12H,2,4-5H2,(H,17,18). The molecule has 1 aromatic heterocycles. The zero-order valence-electron chi connectivity index (χ0n) is 11.0. The number of aliphatic carboxylic acids is 1. The highest BCUT2D eigenvalue weighted by Gasteiger charge is 2.54. The number of carboxylic acids is 1. The number of rotatable bonds is 3. The molecule has 21 heavy (non-hydrogen) atoms. The minimum Gasteiger partial charge on any atom is -0.481 e. The third-order valence-electron chi connectivity index (χ3n) is 4.22. The highest BCUT2D eigenvalue weighted by Crippen LogP contribution is 2.44. The molecule has 8 heteroatoms. The summed E-state index contributed by atoms with van der Waals surface area (Å²) in [5, 5.41) is 17.9. The molecule has 1 aromatic rings.